The predicted octanol–water partition coefficient (Wildman–Crippen LogP) is 5.62. The maximum absolute atomic E-state index is 11.8. The molecule has 5 nitrogen and oxygen atoms in total. The number of alkyl carbamates (subject to hydrolysis) is 1. The lowest BCUT2D eigenvalue weighted by molar-refractivity contribution is 0.0506. The summed E-state index contributed by atoms with van der Waals surface area (Å²) in [4.78, 5) is 11.8. The van der Waals surface area contributed by atoms with Crippen LogP contribution in [0.25, 0.3) is 0 Å². The highest BCUT2D eigenvalue weighted by Gasteiger charge is 2.39. The Morgan fingerprint density at radius 1 is 1.19 bits per heavy atom. The summed E-state index contributed by atoms with van der Waals surface area (Å²) in [6.45, 7) is 18.3. The van der Waals surface area contributed by atoms with E-state index in [2.05, 4.69) is 39.2 Å². The van der Waals surface area contributed by atoms with Crippen LogP contribution in [0.2, 0.25) is 18.1 Å². The number of carbonyl (C=O) groups is 1. The first-order valence-electron chi connectivity index (χ1n) is 9.61. The van der Waals surface area contributed by atoms with Crippen molar-refractivity contribution in [3.05, 3.63) is 23.8 Å². The third-order valence-electron chi connectivity index (χ3n) is 4.82. The van der Waals surface area contributed by atoms with Crippen LogP contribution in [0.5, 0.6) is 11.5 Å². The van der Waals surface area contributed by atoms with Crippen molar-refractivity contribution in [2.75, 3.05) is 0 Å². The molecule has 0 aromatic heterocycles. The van der Waals surface area contributed by atoms with Crippen LogP contribution in [-0.2, 0) is 11.2 Å². The molecule has 6 heteroatoms. The van der Waals surface area contributed by atoms with Gasteiger partial charge in [0.25, 0.3) is 8.32 Å². The van der Waals surface area contributed by atoms with Gasteiger partial charge in [-0.2, -0.15) is 0 Å². The Morgan fingerprint density at radius 2 is 1.78 bits per heavy atom. The molecule has 0 radical (unpaired) electrons. The molecule has 1 atom stereocenters. The van der Waals surface area contributed by atoms with Crippen molar-refractivity contribution in [1.29, 1.82) is 0 Å². The largest absolute Gasteiger partial charge is 0.541 e. The minimum atomic E-state index is -2.02. The minimum absolute atomic E-state index is 0.0154. The van der Waals surface area contributed by atoms with E-state index in [1.807, 2.05) is 39.8 Å². The number of ether oxygens (including phenoxy) is 1. The molecule has 1 amide bonds. The number of nitrogens with one attached hydrogen (secondary N) is 1. The second-order valence-corrected chi connectivity index (χ2v) is 14.5. The van der Waals surface area contributed by atoms with Crippen molar-refractivity contribution in [2.45, 2.75) is 91.1 Å². The lowest BCUT2D eigenvalue weighted by atomic mass is 10.1. The molecule has 0 aliphatic heterocycles. The van der Waals surface area contributed by atoms with E-state index < -0.39 is 20.0 Å². The summed E-state index contributed by atoms with van der Waals surface area (Å²) >= 11 is 0. The Morgan fingerprint density at radius 3 is 2.30 bits per heavy atom. The van der Waals surface area contributed by atoms with Gasteiger partial charge in [-0.3, -0.25) is 0 Å². The van der Waals surface area contributed by atoms with Crippen LogP contribution in [0.15, 0.2) is 18.2 Å². The van der Waals surface area contributed by atoms with E-state index in [9.17, 15) is 9.90 Å². The number of amides is 1. The number of rotatable bonds is 6. The minimum Gasteiger partial charge on any atom is -0.541 e. The molecule has 0 bridgehead atoms. The Labute approximate surface area is 165 Å². The second kappa shape index (κ2) is 8.55. The van der Waals surface area contributed by atoms with Crippen LogP contribution in [0.4, 0.5) is 4.79 Å². The maximum Gasteiger partial charge on any atom is 0.407 e. The van der Waals surface area contributed by atoms with Crippen LogP contribution in [0, 0.1) is 0 Å². The van der Waals surface area contributed by atoms with Crippen LogP contribution in [0.3, 0.4) is 0 Å². The highest BCUT2D eigenvalue weighted by atomic mass is 28.4. The van der Waals surface area contributed by atoms with Gasteiger partial charge < -0.3 is 19.6 Å². The Kier molecular flexibility index (Phi) is 7.39. The number of phenolic OH excluding ortho intramolecular Hbond substituents is 1. The van der Waals surface area contributed by atoms with Gasteiger partial charge in [-0.1, -0.05) is 26.8 Å². The molecule has 0 aliphatic rings. The van der Waals surface area contributed by atoms with Crippen LogP contribution in [0.1, 0.15) is 60.5 Å². The number of hydrogen-bond acceptors (Lipinski definition) is 4. The zero-order valence-corrected chi connectivity index (χ0v) is 19.4. The molecule has 27 heavy (non-hydrogen) atoms. The molecular formula is C21H37NO4Si. The Bertz CT molecular complexity index is 645. The second-order valence-electron chi connectivity index (χ2n) is 9.75. The topological polar surface area (TPSA) is 67.8 Å². The number of aromatic hydroxyl groups is 1. The first kappa shape index (κ1) is 23.3. The van der Waals surface area contributed by atoms with Crippen molar-refractivity contribution in [3.8, 4) is 11.5 Å². The molecule has 2 N–H and O–H groups in total. The van der Waals surface area contributed by atoms with Crippen LogP contribution in [-0.4, -0.2) is 31.2 Å². The lowest BCUT2D eigenvalue weighted by Crippen LogP contribution is -2.43. The van der Waals surface area contributed by atoms with Gasteiger partial charge in [-0.15, -0.1) is 0 Å². The normalized spacial score (nSPS) is 13.8. The fourth-order valence-electron chi connectivity index (χ4n) is 2.19. The first-order chi connectivity index (χ1) is 12.1. The molecule has 0 heterocycles. The fraction of sp³-hybridized carbons (Fsp3) is 0.667. The maximum atomic E-state index is 11.8. The number of benzene rings is 1. The van der Waals surface area contributed by atoms with Crippen LogP contribution < -0.4 is 9.74 Å². The van der Waals surface area contributed by atoms with E-state index >= 15 is 0 Å². The monoisotopic (exact) mass is 395 g/mol. The van der Waals surface area contributed by atoms with Crippen LogP contribution >= 0.6 is 0 Å². The van der Waals surface area contributed by atoms with Crippen molar-refractivity contribution in [2.24, 2.45) is 0 Å². The molecule has 1 aromatic carbocycles. The molecule has 0 saturated heterocycles. The van der Waals surface area contributed by atoms with Gasteiger partial charge in [-0.25, -0.2) is 4.79 Å². The lowest BCUT2D eigenvalue weighted by Gasteiger charge is -2.36. The van der Waals surface area contributed by atoms with Crippen molar-refractivity contribution < 1.29 is 19.1 Å². The summed E-state index contributed by atoms with van der Waals surface area (Å²) < 4.78 is 11.5. The standard InChI is InChI=1S/C21H37NO4Si/c1-15(22-19(24)25-20(2,3)4)10-11-16-12-13-17(23)18(14-16)26-27(8,9)21(5,6)7/h12-15,23H,10-11H2,1-9H3,(H,22,24). The number of phenols is 1. The van der Waals surface area contributed by atoms with Crippen molar-refractivity contribution in [3.63, 3.8) is 0 Å². The van der Waals surface area contributed by atoms with Gasteiger partial charge in [0.1, 0.15) is 11.4 Å². The third-order valence-corrected chi connectivity index (χ3v) is 9.17. The summed E-state index contributed by atoms with van der Waals surface area (Å²) in [5.74, 6) is 0.718. The molecule has 0 aliphatic carbocycles. The average molecular weight is 396 g/mol. The van der Waals surface area contributed by atoms with E-state index in [1.54, 1.807) is 6.07 Å². The Balaban J connectivity index is 2.71. The zero-order chi connectivity index (χ0) is 21.0. The number of aryl methyl sites for hydroxylation is 1. The summed E-state index contributed by atoms with van der Waals surface area (Å²) in [6.07, 6.45) is 1.14. The average Bonchev–Trinajstić information content (AvgIpc) is 2.44. The smallest absolute Gasteiger partial charge is 0.407 e. The molecule has 1 unspecified atom stereocenters. The van der Waals surface area contributed by atoms with E-state index in [0.29, 0.717) is 5.75 Å². The van der Waals surface area contributed by atoms with Gasteiger partial charge in [0, 0.05) is 6.04 Å². The van der Waals surface area contributed by atoms with Crippen molar-refractivity contribution >= 4 is 14.4 Å². The van der Waals surface area contributed by atoms with Gasteiger partial charge in [0.2, 0.25) is 0 Å². The molecule has 0 spiro atoms. The molecule has 154 valence electrons. The van der Waals surface area contributed by atoms with E-state index in [4.69, 9.17) is 9.16 Å². The molecular weight excluding hydrogens is 358 g/mol. The van der Waals surface area contributed by atoms with Crippen molar-refractivity contribution in [1.82, 2.24) is 5.32 Å². The third kappa shape index (κ3) is 7.83. The summed E-state index contributed by atoms with van der Waals surface area (Å²) in [6, 6.07) is 5.48. The van der Waals surface area contributed by atoms with Gasteiger partial charge in [-0.05, 0) is 76.4 Å². The molecule has 1 rings (SSSR count). The fourth-order valence-corrected chi connectivity index (χ4v) is 3.21. The SMILES string of the molecule is CC(CCc1ccc(O)c(O[Si](C)(C)C(C)(C)C)c1)NC(=O)OC(C)(C)C. The summed E-state index contributed by atoms with van der Waals surface area (Å²) in [5.41, 5.74) is 0.566. The first-order valence-corrected chi connectivity index (χ1v) is 12.5. The number of carbonyl (C=O) groups excluding carboxylic acids is 1. The van der Waals surface area contributed by atoms with E-state index in [1.165, 1.54) is 0 Å². The van der Waals surface area contributed by atoms with E-state index in [0.717, 1.165) is 18.4 Å². The highest BCUT2D eigenvalue weighted by Crippen LogP contribution is 2.40. The van der Waals surface area contributed by atoms with Gasteiger partial charge in [0.15, 0.2) is 5.75 Å². The summed E-state index contributed by atoms with van der Waals surface area (Å²) in [5, 5.41) is 13.1. The highest BCUT2D eigenvalue weighted by molar-refractivity contribution is 6.74. The summed E-state index contributed by atoms with van der Waals surface area (Å²) in [7, 11) is -2.02. The van der Waals surface area contributed by atoms with Gasteiger partial charge in [0.05, 0.1) is 0 Å². The molecule has 1 aromatic rings. The zero-order valence-electron chi connectivity index (χ0n) is 18.4. The quantitative estimate of drug-likeness (QED) is 0.613. The van der Waals surface area contributed by atoms with E-state index in [-0.39, 0.29) is 16.8 Å². The molecule has 0 saturated carbocycles. The number of hydrogen-bond donors (Lipinski definition) is 2. The molecule has 0 fully saturated rings. The predicted molar refractivity (Wildman–Crippen MR) is 113 cm³/mol. The van der Waals surface area contributed by atoms with Gasteiger partial charge >= 0.3 is 6.09 Å². The Hall–Kier alpha value is -1.69.